The van der Waals surface area contributed by atoms with Gasteiger partial charge in [0.2, 0.25) is 5.91 Å². The molecule has 43 heavy (non-hydrogen) atoms. The lowest BCUT2D eigenvalue weighted by Crippen LogP contribution is -2.62. The predicted octanol–water partition coefficient (Wildman–Crippen LogP) is 5.40. The largest absolute Gasteiger partial charge is 0.480 e. The first kappa shape index (κ1) is 32.0. The average molecular weight is 592 g/mol. The monoisotopic (exact) mass is 591 g/mol. The number of anilines is 1. The average Bonchev–Trinajstić information content (AvgIpc) is 3.18. The van der Waals surface area contributed by atoms with Gasteiger partial charge in [0.05, 0.1) is 5.41 Å². The molecule has 1 saturated heterocycles. The molecule has 2 aliphatic rings. The van der Waals surface area contributed by atoms with E-state index in [4.69, 9.17) is 0 Å². The van der Waals surface area contributed by atoms with Crippen LogP contribution >= 0.6 is 0 Å². The van der Waals surface area contributed by atoms with Crippen molar-refractivity contribution in [2.24, 2.45) is 10.8 Å². The smallest absolute Gasteiger partial charge is 0.322 e. The number of aliphatic carboxylic acids is 2. The molecule has 3 N–H and O–H groups in total. The van der Waals surface area contributed by atoms with Crippen LogP contribution in [0.15, 0.2) is 42.5 Å². The number of carbonyl (C=O) groups is 4. The van der Waals surface area contributed by atoms with Crippen LogP contribution in [0.4, 0.5) is 10.5 Å². The van der Waals surface area contributed by atoms with Gasteiger partial charge in [-0.2, -0.15) is 0 Å². The van der Waals surface area contributed by atoms with Crippen molar-refractivity contribution in [3.63, 3.8) is 0 Å². The van der Waals surface area contributed by atoms with Crippen molar-refractivity contribution in [1.82, 2.24) is 9.80 Å². The minimum absolute atomic E-state index is 0.0708. The van der Waals surface area contributed by atoms with Crippen LogP contribution in [0.5, 0.6) is 0 Å². The number of para-hydroxylation sites is 1. The second-order valence-electron chi connectivity index (χ2n) is 11.8. The zero-order chi connectivity index (χ0) is 31.4. The summed E-state index contributed by atoms with van der Waals surface area (Å²) in [4.78, 5) is 57.2. The third-order valence-corrected chi connectivity index (χ3v) is 10.00. The number of benzene rings is 2. The van der Waals surface area contributed by atoms with Crippen molar-refractivity contribution in [3.05, 3.63) is 64.7 Å². The molecule has 0 aromatic heterocycles. The number of carbonyl (C=O) groups excluding carboxylic acids is 2. The maximum atomic E-state index is 14.4. The Labute approximate surface area is 254 Å². The van der Waals surface area contributed by atoms with Gasteiger partial charge in [0.25, 0.3) is 0 Å². The Morgan fingerprint density at radius 2 is 1.51 bits per heavy atom. The van der Waals surface area contributed by atoms with Crippen LogP contribution in [0.25, 0.3) is 0 Å². The molecule has 2 aromatic carbocycles. The quantitative estimate of drug-likeness (QED) is 0.301. The zero-order valence-corrected chi connectivity index (χ0v) is 25.8. The maximum Gasteiger partial charge on any atom is 0.322 e. The van der Waals surface area contributed by atoms with Crippen molar-refractivity contribution in [2.75, 3.05) is 25.0 Å². The summed E-state index contributed by atoms with van der Waals surface area (Å²) in [5.74, 6) is -3.43. The van der Waals surface area contributed by atoms with E-state index in [1.54, 1.807) is 24.8 Å². The molecule has 2 heterocycles. The molecule has 0 spiro atoms. The number of nitrogens with zero attached hydrogens (tertiary/aromatic N) is 2. The fourth-order valence-corrected chi connectivity index (χ4v) is 7.35. The number of nitrogens with one attached hydrogen (secondary N) is 1. The first-order chi connectivity index (χ1) is 20.6. The van der Waals surface area contributed by atoms with Crippen LogP contribution in [0, 0.1) is 10.8 Å². The molecule has 0 radical (unpaired) electrons. The summed E-state index contributed by atoms with van der Waals surface area (Å²) >= 11 is 0. The predicted molar refractivity (Wildman–Crippen MR) is 165 cm³/mol. The maximum absolute atomic E-state index is 14.4. The van der Waals surface area contributed by atoms with Crippen molar-refractivity contribution in [3.8, 4) is 0 Å². The van der Waals surface area contributed by atoms with Gasteiger partial charge in [0.15, 0.2) is 5.41 Å². The molecule has 0 bridgehead atoms. The molecule has 0 unspecified atom stereocenters. The number of urea groups is 1. The van der Waals surface area contributed by atoms with E-state index in [9.17, 15) is 29.4 Å². The fourth-order valence-electron chi connectivity index (χ4n) is 7.35. The summed E-state index contributed by atoms with van der Waals surface area (Å²) in [6.45, 7) is 8.70. The van der Waals surface area contributed by atoms with E-state index < -0.39 is 28.7 Å². The van der Waals surface area contributed by atoms with Gasteiger partial charge in [-0.15, -0.1) is 0 Å². The second kappa shape index (κ2) is 13.2. The molecule has 2 aliphatic heterocycles. The summed E-state index contributed by atoms with van der Waals surface area (Å²) in [5.41, 5.74) is 0.681. The summed E-state index contributed by atoms with van der Waals surface area (Å²) in [7, 11) is 0. The van der Waals surface area contributed by atoms with Gasteiger partial charge in [-0.3, -0.25) is 14.4 Å². The van der Waals surface area contributed by atoms with Crippen molar-refractivity contribution < 1.29 is 29.4 Å². The van der Waals surface area contributed by atoms with Crippen LogP contribution in [0.3, 0.4) is 0 Å². The van der Waals surface area contributed by atoms with Crippen LogP contribution in [0.1, 0.15) is 75.6 Å². The lowest BCUT2D eigenvalue weighted by atomic mass is 9.56. The highest BCUT2D eigenvalue weighted by atomic mass is 16.4. The minimum Gasteiger partial charge on any atom is -0.480 e. The first-order valence-electron chi connectivity index (χ1n) is 15.6. The fraction of sp³-hybridized carbons (Fsp3) is 0.529. The van der Waals surface area contributed by atoms with E-state index in [0.29, 0.717) is 38.0 Å². The third-order valence-electron chi connectivity index (χ3n) is 10.00. The Hall–Kier alpha value is -3.88. The Morgan fingerprint density at radius 1 is 0.884 bits per heavy atom. The van der Waals surface area contributed by atoms with E-state index >= 15 is 0 Å². The zero-order valence-electron chi connectivity index (χ0n) is 25.8. The second-order valence-corrected chi connectivity index (χ2v) is 11.8. The highest BCUT2D eigenvalue weighted by Crippen LogP contribution is 2.50. The van der Waals surface area contributed by atoms with E-state index in [-0.39, 0.29) is 31.3 Å². The Balaban J connectivity index is 1.59. The van der Waals surface area contributed by atoms with Gasteiger partial charge in [-0.25, -0.2) is 4.79 Å². The van der Waals surface area contributed by atoms with Gasteiger partial charge in [0.1, 0.15) is 0 Å². The lowest BCUT2D eigenvalue weighted by molar-refractivity contribution is -0.185. The number of piperidine rings is 1. The number of hydrogen-bond donors (Lipinski definition) is 3. The number of carboxylic acids is 2. The van der Waals surface area contributed by atoms with Crippen molar-refractivity contribution in [1.29, 1.82) is 0 Å². The van der Waals surface area contributed by atoms with Crippen LogP contribution < -0.4 is 5.32 Å². The summed E-state index contributed by atoms with van der Waals surface area (Å²) < 4.78 is 0. The molecule has 4 rings (SSSR count). The Morgan fingerprint density at radius 3 is 2.09 bits per heavy atom. The SMILES string of the molecule is CCc1ccc(CC(C(=O)O)(C(=O)O)C(CC)(CC)C(=O)N2CCC(N3CCc4ccccc4NC3=O)CC2)cc1CC. The van der Waals surface area contributed by atoms with Gasteiger partial charge in [-0.1, -0.05) is 64.1 Å². The number of fused-ring (bicyclic) bond motifs is 1. The molecular weight excluding hydrogens is 546 g/mol. The number of likely N-dealkylation sites (tertiary alicyclic amines) is 1. The number of rotatable bonds is 11. The lowest BCUT2D eigenvalue weighted by Gasteiger charge is -2.47. The standard InChI is InChI=1S/C34H45N3O6/c1-5-24-14-13-23(21-25(24)6-2)22-34(30(39)40,31(41)42)33(7-3,8-4)29(38)36-18-16-27(17-19-36)37-20-15-26-11-9-10-12-28(26)35-32(37)43/h9-14,21,27H,5-8,15-20,22H2,1-4H3,(H,35,43)(H,39,40)(H,41,42). The van der Waals surface area contributed by atoms with Crippen LogP contribution in [0.2, 0.25) is 0 Å². The molecule has 9 heteroatoms. The van der Waals surface area contributed by atoms with Crippen LogP contribution in [-0.2, 0) is 40.1 Å². The minimum atomic E-state index is -2.35. The Kier molecular flexibility index (Phi) is 9.82. The topological polar surface area (TPSA) is 127 Å². The highest BCUT2D eigenvalue weighted by Gasteiger charge is 2.65. The van der Waals surface area contributed by atoms with Crippen molar-refractivity contribution >= 4 is 29.6 Å². The number of amides is 3. The summed E-state index contributed by atoms with van der Waals surface area (Å²) in [6.07, 6.45) is 3.21. The molecule has 3 amide bonds. The highest BCUT2D eigenvalue weighted by molar-refractivity contribution is 6.05. The van der Waals surface area contributed by atoms with E-state index in [1.165, 1.54) is 0 Å². The summed E-state index contributed by atoms with van der Waals surface area (Å²) in [6, 6.07) is 13.1. The third kappa shape index (κ3) is 5.74. The van der Waals surface area contributed by atoms with Gasteiger partial charge in [-0.05, 0) is 73.3 Å². The molecular formula is C34H45N3O6. The normalized spacial score (nSPS) is 16.3. The molecule has 9 nitrogen and oxygen atoms in total. The number of aryl methyl sites for hydroxylation is 2. The molecule has 2 aromatic rings. The van der Waals surface area contributed by atoms with E-state index in [1.807, 2.05) is 55.1 Å². The van der Waals surface area contributed by atoms with Gasteiger partial charge in [0, 0.05) is 37.8 Å². The number of carboxylic acid groups (broad SMARTS) is 2. The van der Waals surface area contributed by atoms with Gasteiger partial charge < -0.3 is 25.3 Å². The van der Waals surface area contributed by atoms with Gasteiger partial charge >= 0.3 is 18.0 Å². The first-order valence-corrected chi connectivity index (χ1v) is 15.6. The summed E-state index contributed by atoms with van der Waals surface area (Å²) in [5, 5.41) is 24.3. The molecule has 232 valence electrons. The molecule has 1 fully saturated rings. The molecule has 0 atom stereocenters. The molecule has 0 saturated carbocycles. The van der Waals surface area contributed by atoms with E-state index in [2.05, 4.69) is 5.32 Å². The Bertz CT molecular complexity index is 1350. The molecule has 0 aliphatic carbocycles. The number of hydrogen-bond acceptors (Lipinski definition) is 4. The van der Waals surface area contributed by atoms with E-state index in [0.717, 1.165) is 41.6 Å². The van der Waals surface area contributed by atoms with Crippen molar-refractivity contribution in [2.45, 2.75) is 85.1 Å². The van der Waals surface area contributed by atoms with Crippen LogP contribution in [-0.4, -0.2) is 69.6 Å².